The average Bonchev–Trinajstić information content (AvgIpc) is 2.71. The molecule has 0 aliphatic carbocycles. The van der Waals surface area contributed by atoms with Crippen LogP contribution >= 0.6 is 0 Å². The lowest BCUT2D eigenvalue weighted by Crippen LogP contribution is -2.48. The second kappa shape index (κ2) is 9.85. The van der Waals surface area contributed by atoms with Crippen LogP contribution in [0.1, 0.15) is 39.2 Å². The number of nitrogens with zero attached hydrogens (tertiary/aromatic N) is 2. The number of piperazine rings is 1. The first kappa shape index (κ1) is 21.4. The van der Waals surface area contributed by atoms with Crippen LogP contribution in [0.5, 0.6) is 0 Å². The van der Waals surface area contributed by atoms with Gasteiger partial charge in [0.2, 0.25) is 11.8 Å². The van der Waals surface area contributed by atoms with Gasteiger partial charge in [-0.05, 0) is 37.1 Å². The van der Waals surface area contributed by atoms with Crippen molar-refractivity contribution in [3.8, 4) is 0 Å². The summed E-state index contributed by atoms with van der Waals surface area (Å²) in [6.07, 6.45) is 1.82. The molecule has 6 heteroatoms. The van der Waals surface area contributed by atoms with Crippen molar-refractivity contribution in [1.29, 1.82) is 0 Å². The van der Waals surface area contributed by atoms with Crippen molar-refractivity contribution in [3.05, 3.63) is 29.8 Å². The van der Waals surface area contributed by atoms with E-state index in [2.05, 4.69) is 17.1 Å². The third-order valence-electron chi connectivity index (χ3n) is 5.97. The van der Waals surface area contributed by atoms with Gasteiger partial charge in [0.15, 0.2) is 0 Å². The Morgan fingerprint density at radius 3 is 2.11 bits per heavy atom. The fourth-order valence-electron chi connectivity index (χ4n) is 3.52. The molecule has 0 spiro atoms. The Hall–Kier alpha value is -1.92. The number of hydrogen-bond acceptors (Lipinski definition) is 4. The molecule has 1 heterocycles. The Labute approximate surface area is 163 Å². The molecule has 1 aromatic rings. The Morgan fingerprint density at radius 2 is 1.63 bits per heavy atom. The van der Waals surface area contributed by atoms with Gasteiger partial charge in [0.25, 0.3) is 0 Å². The summed E-state index contributed by atoms with van der Waals surface area (Å²) in [4.78, 5) is 29.4. The number of hydrogen-bond donors (Lipinski definition) is 2. The van der Waals surface area contributed by atoms with Gasteiger partial charge in [-0.15, -0.1) is 0 Å². The number of benzene rings is 1. The number of likely N-dealkylation sites (N-methyl/N-ethyl adjacent to an activating group) is 1. The monoisotopic (exact) mass is 374 g/mol. The molecule has 0 atom stereocenters. The maximum atomic E-state index is 12.6. The molecule has 1 saturated heterocycles. The van der Waals surface area contributed by atoms with E-state index >= 15 is 0 Å². The standard InChI is InChI=1S/C21H34N4O2/c1-4-21(5-2,16-22)20(27)23-18-9-7-17(8-10-18)15-19(26)25-13-11-24(6-3)12-14-25/h7-10H,4-6,11-16,22H2,1-3H3,(H,23,27). The zero-order valence-electron chi connectivity index (χ0n) is 17.0. The summed E-state index contributed by atoms with van der Waals surface area (Å²) in [5.74, 6) is 0.134. The lowest BCUT2D eigenvalue weighted by atomic mass is 9.81. The van der Waals surface area contributed by atoms with Crippen LogP contribution in [0.15, 0.2) is 24.3 Å². The van der Waals surface area contributed by atoms with E-state index in [-0.39, 0.29) is 11.8 Å². The molecule has 2 amide bonds. The minimum atomic E-state index is -0.519. The molecule has 3 N–H and O–H groups in total. The second-order valence-corrected chi connectivity index (χ2v) is 7.33. The zero-order chi connectivity index (χ0) is 19.9. The number of nitrogens with two attached hydrogens (primary N) is 1. The number of nitrogens with one attached hydrogen (secondary N) is 1. The van der Waals surface area contributed by atoms with Crippen LogP contribution in [0.4, 0.5) is 5.69 Å². The smallest absolute Gasteiger partial charge is 0.231 e. The van der Waals surface area contributed by atoms with Crippen molar-refractivity contribution >= 4 is 17.5 Å². The first-order chi connectivity index (χ1) is 13.0. The fraction of sp³-hybridized carbons (Fsp3) is 0.619. The lowest BCUT2D eigenvalue weighted by Gasteiger charge is -2.34. The first-order valence-corrected chi connectivity index (χ1v) is 10.1. The Bertz CT molecular complexity index is 609. The normalized spacial score (nSPS) is 15.6. The number of rotatable bonds is 8. The van der Waals surface area contributed by atoms with E-state index in [1.807, 2.05) is 43.0 Å². The maximum Gasteiger partial charge on any atom is 0.231 e. The third kappa shape index (κ3) is 5.30. The van der Waals surface area contributed by atoms with Crippen molar-refractivity contribution < 1.29 is 9.59 Å². The zero-order valence-corrected chi connectivity index (χ0v) is 17.0. The van der Waals surface area contributed by atoms with Gasteiger partial charge in [0, 0.05) is 38.4 Å². The Morgan fingerprint density at radius 1 is 1.04 bits per heavy atom. The van der Waals surface area contributed by atoms with Crippen LogP contribution in [-0.2, 0) is 16.0 Å². The molecule has 0 unspecified atom stereocenters. The van der Waals surface area contributed by atoms with Crippen molar-refractivity contribution in [2.45, 2.75) is 40.0 Å². The first-order valence-electron chi connectivity index (χ1n) is 10.1. The van der Waals surface area contributed by atoms with Gasteiger partial charge >= 0.3 is 0 Å². The number of carbonyl (C=O) groups excluding carboxylic acids is 2. The Kier molecular flexibility index (Phi) is 7.80. The molecule has 1 aliphatic rings. The summed E-state index contributed by atoms with van der Waals surface area (Å²) in [7, 11) is 0. The molecular formula is C21H34N4O2. The highest BCUT2D eigenvalue weighted by Gasteiger charge is 2.33. The maximum absolute atomic E-state index is 12.6. The molecule has 1 aromatic carbocycles. The van der Waals surface area contributed by atoms with E-state index in [9.17, 15) is 9.59 Å². The van der Waals surface area contributed by atoms with Gasteiger partial charge in [-0.1, -0.05) is 32.9 Å². The van der Waals surface area contributed by atoms with E-state index in [1.165, 1.54) is 0 Å². The van der Waals surface area contributed by atoms with Gasteiger partial charge in [0.1, 0.15) is 0 Å². The lowest BCUT2D eigenvalue weighted by molar-refractivity contribution is -0.132. The van der Waals surface area contributed by atoms with E-state index in [1.54, 1.807) is 0 Å². The van der Waals surface area contributed by atoms with Crippen molar-refractivity contribution in [1.82, 2.24) is 9.80 Å². The summed E-state index contributed by atoms with van der Waals surface area (Å²) in [5, 5.41) is 2.97. The molecule has 0 radical (unpaired) electrons. The Balaban J connectivity index is 1.91. The van der Waals surface area contributed by atoms with Crippen LogP contribution < -0.4 is 11.1 Å². The average molecular weight is 375 g/mol. The van der Waals surface area contributed by atoms with Crippen LogP contribution in [0.2, 0.25) is 0 Å². The van der Waals surface area contributed by atoms with Crippen molar-refractivity contribution in [2.24, 2.45) is 11.1 Å². The van der Waals surface area contributed by atoms with Crippen molar-refractivity contribution in [2.75, 3.05) is 44.6 Å². The van der Waals surface area contributed by atoms with Crippen LogP contribution in [0, 0.1) is 5.41 Å². The van der Waals surface area contributed by atoms with Crippen LogP contribution in [-0.4, -0.2) is 60.9 Å². The molecule has 27 heavy (non-hydrogen) atoms. The minimum absolute atomic E-state index is 0.0346. The quantitative estimate of drug-likeness (QED) is 0.730. The van der Waals surface area contributed by atoms with Crippen LogP contribution in [0.3, 0.4) is 0 Å². The summed E-state index contributed by atoms with van der Waals surface area (Å²) < 4.78 is 0. The summed E-state index contributed by atoms with van der Waals surface area (Å²) >= 11 is 0. The van der Waals surface area contributed by atoms with Gasteiger partial charge in [-0.25, -0.2) is 0 Å². The van der Waals surface area contributed by atoms with Gasteiger partial charge in [-0.3, -0.25) is 9.59 Å². The van der Waals surface area contributed by atoms with E-state index in [0.717, 1.165) is 44.0 Å². The highest BCUT2D eigenvalue weighted by molar-refractivity contribution is 5.95. The third-order valence-corrected chi connectivity index (χ3v) is 5.97. The van der Waals surface area contributed by atoms with Gasteiger partial charge in [0.05, 0.1) is 11.8 Å². The van der Waals surface area contributed by atoms with Crippen LogP contribution in [0.25, 0.3) is 0 Å². The second-order valence-electron chi connectivity index (χ2n) is 7.33. The number of anilines is 1. The molecule has 0 saturated carbocycles. The molecule has 1 fully saturated rings. The van der Waals surface area contributed by atoms with E-state index in [4.69, 9.17) is 5.73 Å². The summed E-state index contributed by atoms with van der Waals surface area (Å²) in [5.41, 5.74) is 7.03. The minimum Gasteiger partial charge on any atom is -0.340 e. The SMILES string of the molecule is CCN1CCN(C(=O)Cc2ccc(NC(=O)C(CC)(CC)CN)cc2)CC1. The predicted octanol–water partition coefficient (Wildman–Crippen LogP) is 2.10. The summed E-state index contributed by atoms with van der Waals surface area (Å²) in [6.45, 7) is 11.0. The molecular weight excluding hydrogens is 340 g/mol. The predicted molar refractivity (Wildman–Crippen MR) is 110 cm³/mol. The molecule has 0 bridgehead atoms. The van der Waals surface area contributed by atoms with Gasteiger partial charge < -0.3 is 20.9 Å². The molecule has 2 rings (SSSR count). The fourth-order valence-corrected chi connectivity index (χ4v) is 3.52. The molecule has 150 valence electrons. The molecule has 1 aliphatic heterocycles. The largest absolute Gasteiger partial charge is 0.340 e. The van der Waals surface area contributed by atoms with E-state index < -0.39 is 5.41 Å². The summed E-state index contributed by atoms with van der Waals surface area (Å²) in [6, 6.07) is 7.56. The number of carbonyl (C=O) groups is 2. The molecule has 6 nitrogen and oxygen atoms in total. The highest BCUT2D eigenvalue weighted by atomic mass is 16.2. The molecule has 0 aromatic heterocycles. The van der Waals surface area contributed by atoms with Crippen molar-refractivity contribution in [3.63, 3.8) is 0 Å². The van der Waals surface area contributed by atoms with E-state index in [0.29, 0.717) is 25.8 Å². The highest BCUT2D eigenvalue weighted by Crippen LogP contribution is 2.27. The van der Waals surface area contributed by atoms with Gasteiger partial charge in [-0.2, -0.15) is 0 Å². The number of amides is 2. The topological polar surface area (TPSA) is 78.7 Å².